The second kappa shape index (κ2) is 9.58. The van der Waals surface area contributed by atoms with Gasteiger partial charge in [0.1, 0.15) is 0 Å². The van der Waals surface area contributed by atoms with Crippen molar-refractivity contribution in [2.45, 2.75) is 12.8 Å². The van der Waals surface area contributed by atoms with E-state index >= 15 is 0 Å². The predicted octanol–water partition coefficient (Wildman–Crippen LogP) is 3.28. The van der Waals surface area contributed by atoms with Crippen LogP contribution in [0.5, 0.6) is 0 Å². The van der Waals surface area contributed by atoms with E-state index in [2.05, 4.69) is 15.4 Å². The van der Waals surface area contributed by atoms with Crippen molar-refractivity contribution < 1.29 is 19.1 Å². The minimum absolute atomic E-state index is 0.205. The Morgan fingerprint density at radius 2 is 1.73 bits per heavy atom. The fourth-order valence-electron chi connectivity index (χ4n) is 2.25. The van der Waals surface area contributed by atoms with E-state index in [0.717, 1.165) is 0 Å². The van der Waals surface area contributed by atoms with E-state index in [9.17, 15) is 14.4 Å². The molecule has 0 bridgehead atoms. The van der Waals surface area contributed by atoms with Crippen molar-refractivity contribution in [2.75, 3.05) is 19.0 Å². The van der Waals surface area contributed by atoms with Gasteiger partial charge in [-0.2, -0.15) is 0 Å². The lowest BCUT2D eigenvalue weighted by molar-refractivity contribution is -0.116. The molecule has 0 aliphatic heterocycles. The highest BCUT2D eigenvalue weighted by Crippen LogP contribution is 2.16. The van der Waals surface area contributed by atoms with Gasteiger partial charge in [0.25, 0.3) is 5.91 Å². The first-order valence-corrected chi connectivity index (χ1v) is 8.40. The second-order valence-corrected chi connectivity index (χ2v) is 5.89. The van der Waals surface area contributed by atoms with Crippen LogP contribution in [-0.4, -0.2) is 31.4 Å². The average molecular weight is 375 g/mol. The molecule has 0 saturated heterocycles. The molecule has 2 rings (SSSR count). The van der Waals surface area contributed by atoms with Crippen molar-refractivity contribution in [1.29, 1.82) is 0 Å². The van der Waals surface area contributed by atoms with Crippen molar-refractivity contribution in [1.82, 2.24) is 5.32 Å². The van der Waals surface area contributed by atoms with E-state index in [4.69, 9.17) is 11.6 Å². The number of rotatable bonds is 7. The van der Waals surface area contributed by atoms with E-state index in [1.54, 1.807) is 48.5 Å². The summed E-state index contributed by atoms with van der Waals surface area (Å²) in [6.45, 7) is 0.355. The molecule has 2 aromatic carbocycles. The number of hydrogen-bond acceptors (Lipinski definition) is 4. The summed E-state index contributed by atoms with van der Waals surface area (Å²) in [5.74, 6) is -0.990. The highest BCUT2D eigenvalue weighted by Gasteiger charge is 2.13. The third-order valence-corrected chi connectivity index (χ3v) is 3.83. The Morgan fingerprint density at radius 1 is 1.04 bits per heavy atom. The smallest absolute Gasteiger partial charge is 0.339 e. The van der Waals surface area contributed by atoms with Crippen molar-refractivity contribution in [2.24, 2.45) is 0 Å². The summed E-state index contributed by atoms with van der Waals surface area (Å²) in [5, 5.41) is 5.99. The first-order chi connectivity index (χ1) is 12.5. The van der Waals surface area contributed by atoms with Crippen LogP contribution in [0.2, 0.25) is 5.02 Å². The van der Waals surface area contributed by atoms with Gasteiger partial charge in [-0.25, -0.2) is 4.79 Å². The van der Waals surface area contributed by atoms with Crippen LogP contribution in [0, 0.1) is 0 Å². The Kier molecular flexibility index (Phi) is 7.17. The molecule has 0 spiro atoms. The molecule has 0 aliphatic rings. The Labute approximate surface area is 156 Å². The Bertz CT molecular complexity index is 790. The number of nitrogens with one attached hydrogen (secondary N) is 2. The summed E-state index contributed by atoms with van der Waals surface area (Å²) in [6.07, 6.45) is 0.669. The number of carbonyl (C=O) groups is 3. The topological polar surface area (TPSA) is 84.5 Å². The van der Waals surface area contributed by atoms with Gasteiger partial charge in [0.2, 0.25) is 5.91 Å². The van der Waals surface area contributed by atoms with Crippen LogP contribution in [0.4, 0.5) is 5.69 Å². The zero-order valence-corrected chi connectivity index (χ0v) is 15.0. The fraction of sp³-hybridized carbons (Fsp3) is 0.211. The Hall–Kier alpha value is -2.86. The average Bonchev–Trinajstić information content (AvgIpc) is 2.65. The highest BCUT2D eigenvalue weighted by atomic mass is 35.5. The molecule has 0 aromatic heterocycles. The quantitative estimate of drug-likeness (QED) is 0.575. The molecule has 7 heteroatoms. The summed E-state index contributed by atoms with van der Waals surface area (Å²) in [6, 6.07) is 13.2. The fourth-order valence-corrected chi connectivity index (χ4v) is 2.37. The molecule has 0 unspecified atom stereocenters. The summed E-state index contributed by atoms with van der Waals surface area (Å²) in [4.78, 5) is 35.7. The van der Waals surface area contributed by atoms with Crippen LogP contribution in [-0.2, 0) is 9.53 Å². The molecule has 0 heterocycles. The Morgan fingerprint density at radius 3 is 2.42 bits per heavy atom. The van der Waals surface area contributed by atoms with Gasteiger partial charge in [0, 0.05) is 23.6 Å². The van der Waals surface area contributed by atoms with E-state index in [1.807, 2.05) is 0 Å². The minimum Gasteiger partial charge on any atom is -0.465 e. The molecule has 136 valence electrons. The number of methoxy groups -OCH3 is 1. The molecule has 0 atom stereocenters. The number of esters is 1. The predicted molar refractivity (Wildman–Crippen MR) is 99.4 cm³/mol. The van der Waals surface area contributed by atoms with Gasteiger partial charge < -0.3 is 15.4 Å². The molecule has 26 heavy (non-hydrogen) atoms. The van der Waals surface area contributed by atoms with Gasteiger partial charge >= 0.3 is 5.97 Å². The maximum absolute atomic E-state index is 12.0. The van der Waals surface area contributed by atoms with Gasteiger partial charge in [-0.15, -0.1) is 0 Å². The van der Waals surface area contributed by atoms with Crippen molar-refractivity contribution in [3.8, 4) is 0 Å². The van der Waals surface area contributed by atoms with Gasteiger partial charge in [-0.3, -0.25) is 9.59 Å². The van der Waals surface area contributed by atoms with Crippen LogP contribution < -0.4 is 10.6 Å². The summed E-state index contributed by atoms with van der Waals surface area (Å²) >= 11 is 5.78. The van der Waals surface area contributed by atoms with E-state index in [1.165, 1.54) is 7.11 Å². The number of halogens is 1. The van der Waals surface area contributed by atoms with Crippen LogP contribution in [0.3, 0.4) is 0 Å². The zero-order chi connectivity index (χ0) is 18.9. The summed E-state index contributed by atoms with van der Waals surface area (Å²) in [5.41, 5.74) is 1.19. The monoisotopic (exact) mass is 374 g/mol. The number of hydrogen-bond donors (Lipinski definition) is 2. The molecule has 2 amide bonds. The van der Waals surface area contributed by atoms with E-state index < -0.39 is 5.97 Å². The SMILES string of the molecule is COC(=O)c1ccccc1NC(=O)CCCNC(=O)c1ccc(Cl)cc1. The second-order valence-electron chi connectivity index (χ2n) is 5.45. The number of para-hydroxylation sites is 1. The zero-order valence-electron chi connectivity index (χ0n) is 14.3. The number of ether oxygens (including phenoxy) is 1. The largest absolute Gasteiger partial charge is 0.465 e. The molecular formula is C19H19ClN2O4. The van der Waals surface area contributed by atoms with Gasteiger partial charge in [0.15, 0.2) is 0 Å². The summed E-state index contributed by atoms with van der Waals surface area (Å²) < 4.78 is 4.69. The maximum atomic E-state index is 12.0. The van der Waals surface area contributed by atoms with Crippen LogP contribution in [0.15, 0.2) is 48.5 Å². The molecule has 0 fully saturated rings. The molecule has 2 N–H and O–H groups in total. The van der Waals surface area contributed by atoms with E-state index in [-0.39, 0.29) is 18.2 Å². The molecule has 2 aromatic rings. The van der Waals surface area contributed by atoms with Gasteiger partial charge in [0.05, 0.1) is 18.4 Å². The standard InChI is InChI=1S/C19H19ClN2O4/c1-26-19(25)15-5-2-3-6-16(15)22-17(23)7-4-12-21-18(24)13-8-10-14(20)11-9-13/h2-3,5-6,8-11H,4,7,12H2,1H3,(H,21,24)(H,22,23). The maximum Gasteiger partial charge on any atom is 0.339 e. The first-order valence-electron chi connectivity index (χ1n) is 8.02. The molecule has 6 nitrogen and oxygen atoms in total. The van der Waals surface area contributed by atoms with Gasteiger partial charge in [-0.05, 0) is 42.8 Å². The van der Waals surface area contributed by atoms with Crippen molar-refractivity contribution >= 4 is 35.1 Å². The van der Waals surface area contributed by atoms with Crippen LogP contribution >= 0.6 is 11.6 Å². The number of amides is 2. The first kappa shape index (κ1) is 19.5. The number of benzene rings is 2. The van der Waals surface area contributed by atoms with E-state index in [0.29, 0.717) is 34.8 Å². The molecule has 0 saturated carbocycles. The van der Waals surface area contributed by atoms with Crippen molar-refractivity contribution in [3.63, 3.8) is 0 Å². The lowest BCUT2D eigenvalue weighted by atomic mass is 10.1. The lowest BCUT2D eigenvalue weighted by Gasteiger charge is -2.10. The Balaban J connectivity index is 1.78. The van der Waals surface area contributed by atoms with Crippen LogP contribution in [0.25, 0.3) is 0 Å². The van der Waals surface area contributed by atoms with Crippen molar-refractivity contribution in [3.05, 3.63) is 64.7 Å². The van der Waals surface area contributed by atoms with Gasteiger partial charge in [-0.1, -0.05) is 23.7 Å². The number of carbonyl (C=O) groups excluding carboxylic acids is 3. The molecule has 0 radical (unpaired) electrons. The van der Waals surface area contributed by atoms with Crippen LogP contribution in [0.1, 0.15) is 33.6 Å². The third kappa shape index (κ3) is 5.60. The third-order valence-electron chi connectivity index (χ3n) is 3.58. The molecule has 0 aliphatic carbocycles. The highest BCUT2D eigenvalue weighted by molar-refractivity contribution is 6.30. The lowest BCUT2D eigenvalue weighted by Crippen LogP contribution is -2.25. The summed E-state index contributed by atoms with van der Waals surface area (Å²) in [7, 11) is 1.28. The minimum atomic E-state index is -0.517. The number of anilines is 1. The molecular weight excluding hydrogens is 356 g/mol. The normalized spacial score (nSPS) is 10.1.